The van der Waals surface area contributed by atoms with Crippen LogP contribution in [0.1, 0.15) is 5.56 Å². The first kappa shape index (κ1) is 12.2. The van der Waals surface area contributed by atoms with Gasteiger partial charge < -0.3 is 16.0 Å². The van der Waals surface area contributed by atoms with E-state index >= 15 is 0 Å². The van der Waals surface area contributed by atoms with E-state index in [9.17, 15) is 5.21 Å². The van der Waals surface area contributed by atoms with Crippen molar-refractivity contribution in [3.05, 3.63) is 35.3 Å². The van der Waals surface area contributed by atoms with Gasteiger partial charge >= 0.3 is 0 Å². The molecule has 0 radical (unpaired) electrons. The zero-order chi connectivity index (χ0) is 8.97. The summed E-state index contributed by atoms with van der Waals surface area (Å²) in [5.41, 5.74) is 6.47. The van der Waals surface area contributed by atoms with Gasteiger partial charge in [-0.25, -0.2) is 0 Å². The Balaban J connectivity index is 0.00000144. The van der Waals surface area contributed by atoms with Gasteiger partial charge in [-0.15, -0.1) is 12.4 Å². The van der Waals surface area contributed by atoms with E-state index in [2.05, 4.69) is 0 Å². The number of aromatic nitrogens is 1. The number of pyridine rings is 1. The molecule has 0 fully saturated rings. The van der Waals surface area contributed by atoms with Crippen LogP contribution in [0.2, 0.25) is 0 Å². The van der Waals surface area contributed by atoms with Gasteiger partial charge in [0.25, 0.3) is 0 Å². The van der Waals surface area contributed by atoms with Crippen molar-refractivity contribution in [1.82, 2.24) is 0 Å². The first-order valence-electron chi connectivity index (χ1n) is 3.76. The molecule has 0 saturated carbocycles. The molecule has 74 valence electrons. The van der Waals surface area contributed by atoms with Crippen LogP contribution in [0, 0.1) is 5.21 Å². The molecule has 1 atom stereocenters. The Morgan fingerprint density at radius 2 is 2.00 bits per heavy atom. The average molecular weight is 205 g/mol. The zero-order valence-corrected chi connectivity index (χ0v) is 7.91. The standard InChI is InChI=1S/C8H12N2O2.ClH/c9-8(6-11)5-7-1-3-10(12)4-2-7;/h1-4,8,11H,5-6,9H2;1H. The summed E-state index contributed by atoms with van der Waals surface area (Å²) in [6.07, 6.45) is 3.43. The van der Waals surface area contributed by atoms with Gasteiger partial charge in [-0.05, 0) is 12.0 Å². The van der Waals surface area contributed by atoms with E-state index in [4.69, 9.17) is 10.8 Å². The van der Waals surface area contributed by atoms with Gasteiger partial charge in [0.2, 0.25) is 0 Å². The summed E-state index contributed by atoms with van der Waals surface area (Å²) >= 11 is 0. The highest BCUT2D eigenvalue weighted by Gasteiger charge is 2.02. The number of halogens is 1. The molecule has 0 spiro atoms. The number of nitrogens with zero attached hydrogens (tertiary/aromatic N) is 1. The summed E-state index contributed by atoms with van der Waals surface area (Å²) in [5.74, 6) is 0. The minimum Gasteiger partial charge on any atom is -0.619 e. The third kappa shape index (κ3) is 4.07. The second-order valence-corrected chi connectivity index (χ2v) is 2.71. The summed E-state index contributed by atoms with van der Waals surface area (Å²) in [4.78, 5) is 0. The Kier molecular flexibility index (Phi) is 5.37. The van der Waals surface area contributed by atoms with Gasteiger partial charge in [0, 0.05) is 18.2 Å². The van der Waals surface area contributed by atoms with Crippen LogP contribution in [-0.2, 0) is 6.42 Å². The van der Waals surface area contributed by atoms with Gasteiger partial charge in [-0.1, -0.05) is 0 Å². The second-order valence-electron chi connectivity index (χ2n) is 2.71. The van der Waals surface area contributed by atoms with Gasteiger partial charge in [-0.2, -0.15) is 4.73 Å². The number of aliphatic hydroxyl groups excluding tert-OH is 1. The highest BCUT2D eigenvalue weighted by atomic mass is 35.5. The molecule has 1 aromatic rings. The summed E-state index contributed by atoms with van der Waals surface area (Å²) in [5, 5.41) is 19.3. The van der Waals surface area contributed by atoms with E-state index in [1.807, 2.05) is 0 Å². The van der Waals surface area contributed by atoms with Crippen molar-refractivity contribution in [2.24, 2.45) is 5.73 Å². The van der Waals surface area contributed by atoms with Crippen LogP contribution in [-0.4, -0.2) is 17.8 Å². The maximum Gasteiger partial charge on any atom is 0.180 e. The molecule has 13 heavy (non-hydrogen) atoms. The smallest absolute Gasteiger partial charge is 0.180 e. The van der Waals surface area contributed by atoms with Crippen molar-refractivity contribution in [1.29, 1.82) is 0 Å². The second kappa shape index (κ2) is 5.75. The van der Waals surface area contributed by atoms with Crippen molar-refractivity contribution < 1.29 is 9.84 Å². The lowest BCUT2D eigenvalue weighted by molar-refractivity contribution is -0.605. The third-order valence-electron chi connectivity index (χ3n) is 1.60. The predicted octanol–water partition coefficient (Wildman–Crippen LogP) is -0.396. The van der Waals surface area contributed by atoms with Gasteiger partial charge in [0.15, 0.2) is 12.4 Å². The topological polar surface area (TPSA) is 73.2 Å². The maximum absolute atomic E-state index is 10.6. The number of rotatable bonds is 3. The van der Waals surface area contributed by atoms with Crippen molar-refractivity contribution in [2.45, 2.75) is 12.5 Å². The Bertz CT molecular complexity index is 240. The highest BCUT2D eigenvalue weighted by molar-refractivity contribution is 5.85. The van der Waals surface area contributed by atoms with Gasteiger partial charge in [0.1, 0.15) is 0 Å². The molecule has 0 aromatic carbocycles. The Labute approximate surface area is 83.0 Å². The molecule has 1 aromatic heterocycles. The molecule has 0 saturated heterocycles. The SMILES string of the molecule is Cl.NC(CO)Cc1cc[n+]([O-])cc1. The quantitative estimate of drug-likeness (QED) is 0.520. The first-order valence-corrected chi connectivity index (χ1v) is 3.76. The summed E-state index contributed by atoms with van der Waals surface area (Å²) in [6, 6.07) is 3.15. The number of nitrogens with two attached hydrogens (primary N) is 1. The minimum absolute atomic E-state index is 0. The average Bonchev–Trinajstić information content (AvgIpc) is 2.09. The van der Waals surface area contributed by atoms with E-state index in [1.165, 1.54) is 12.4 Å². The van der Waals surface area contributed by atoms with Crippen LogP contribution in [0.5, 0.6) is 0 Å². The van der Waals surface area contributed by atoms with E-state index in [1.54, 1.807) is 12.1 Å². The molecule has 1 rings (SSSR count). The molecule has 1 heterocycles. The fraction of sp³-hybridized carbons (Fsp3) is 0.375. The molecule has 0 aliphatic heterocycles. The predicted molar refractivity (Wildman–Crippen MR) is 51.4 cm³/mol. The summed E-state index contributed by atoms with van der Waals surface area (Å²) in [6.45, 7) is -0.0354. The van der Waals surface area contributed by atoms with Gasteiger partial charge in [0.05, 0.1) is 6.61 Å². The van der Waals surface area contributed by atoms with Crippen molar-refractivity contribution in [3.8, 4) is 0 Å². The van der Waals surface area contributed by atoms with Crippen molar-refractivity contribution in [2.75, 3.05) is 6.61 Å². The Morgan fingerprint density at radius 1 is 1.46 bits per heavy atom. The van der Waals surface area contributed by atoms with Crippen LogP contribution in [0.3, 0.4) is 0 Å². The van der Waals surface area contributed by atoms with Gasteiger partial charge in [-0.3, -0.25) is 0 Å². The molecule has 0 bridgehead atoms. The number of hydrogen-bond donors (Lipinski definition) is 2. The monoisotopic (exact) mass is 204 g/mol. The molecule has 1 unspecified atom stereocenters. The maximum atomic E-state index is 10.6. The van der Waals surface area contributed by atoms with Crippen LogP contribution in [0.4, 0.5) is 0 Å². The number of aliphatic hydroxyl groups is 1. The van der Waals surface area contributed by atoms with E-state index in [-0.39, 0.29) is 25.1 Å². The van der Waals surface area contributed by atoms with Crippen LogP contribution in [0.15, 0.2) is 24.5 Å². The fourth-order valence-corrected chi connectivity index (χ4v) is 0.947. The molecule has 0 aliphatic carbocycles. The molecular formula is C8H13ClN2O2. The minimum atomic E-state index is -0.243. The molecule has 4 nitrogen and oxygen atoms in total. The van der Waals surface area contributed by atoms with E-state index in [0.717, 1.165) is 5.56 Å². The largest absolute Gasteiger partial charge is 0.619 e. The van der Waals surface area contributed by atoms with Crippen LogP contribution in [0.25, 0.3) is 0 Å². The lowest BCUT2D eigenvalue weighted by Gasteiger charge is -2.06. The summed E-state index contributed by atoms with van der Waals surface area (Å²) < 4.78 is 0.716. The third-order valence-corrected chi connectivity index (χ3v) is 1.60. The molecule has 3 N–H and O–H groups in total. The molecule has 0 aliphatic rings. The lowest BCUT2D eigenvalue weighted by atomic mass is 10.1. The lowest BCUT2D eigenvalue weighted by Crippen LogP contribution is -2.28. The van der Waals surface area contributed by atoms with Crippen LogP contribution >= 0.6 is 12.4 Å². The van der Waals surface area contributed by atoms with E-state index < -0.39 is 0 Å². The molecular weight excluding hydrogens is 192 g/mol. The normalized spacial score (nSPS) is 11.8. The molecule has 5 heteroatoms. The summed E-state index contributed by atoms with van der Waals surface area (Å²) in [7, 11) is 0. The van der Waals surface area contributed by atoms with E-state index in [0.29, 0.717) is 11.2 Å². The molecule has 0 amide bonds. The first-order chi connectivity index (χ1) is 5.72. The zero-order valence-electron chi connectivity index (χ0n) is 7.09. The Hall–Kier alpha value is -0.840. The van der Waals surface area contributed by atoms with Crippen molar-refractivity contribution >= 4 is 12.4 Å². The van der Waals surface area contributed by atoms with Crippen molar-refractivity contribution in [3.63, 3.8) is 0 Å². The fourth-order valence-electron chi connectivity index (χ4n) is 0.947. The highest BCUT2D eigenvalue weighted by Crippen LogP contribution is 1.98. The number of hydrogen-bond acceptors (Lipinski definition) is 3. The van der Waals surface area contributed by atoms with Crippen LogP contribution < -0.4 is 10.5 Å². The Morgan fingerprint density at radius 3 is 2.46 bits per heavy atom.